The highest BCUT2D eigenvalue weighted by atomic mass is 35.5. The van der Waals surface area contributed by atoms with Crippen LogP contribution in [0.1, 0.15) is 50.3 Å². The summed E-state index contributed by atoms with van der Waals surface area (Å²) in [5.41, 5.74) is 0. The van der Waals surface area contributed by atoms with E-state index in [4.69, 9.17) is 11.6 Å². The van der Waals surface area contributed by atoms with Gasteiger partial charge in [0.1, 0.15) is 5.82 Å². The Balaban J connectivity index is 1.85. The molecular weight excluding hydrogens is 254 g/mol. The van der Waals surface area contributed by atoms with Gasteiger partial charge in [0.05, 0.1) is 0 Å². The van der Waals surface area contributed by atoms with E-state index in [0.29, 0.717) is 15.9 Å². The van der Waals surface area contributed by atoms with Crippen LogP contribution in [-0.4, -0.2) is 25.8 Å². The van der Waals surface area contributed by atoms with Crippen LogP contribution in [0.5, 0.6) is 0 Å². The van der Waals surface area contributed by atoms with E-state index in [0.717, 1.165) is 12.4 Å². The Kier molecular flexibility index (Phi) is 3.11. The summed E-state index contributed by atoms with van der Waals surface area (Å²) in [4.78, 5) is 0. The molecule has 2 saturated carbocycles. The molecule has 94 valence electrons. The zero-order chi connectivity index (χ0) is 11.9. The van der Waals surface area contributed by atoms with Gasteiger partial charge < -0.3 is 4.57 Å². The first-order valence-electron chi connectivity index (χ1n) is 6.38. The quantitative estimate of drug-likeness (QED) is 0.840. The number of aromatic nitrogens is 3. The highest BCUT2D eigenvalue weighted by Crippen LogP contribution is 2.44. The lowest BCUT2D eigenvalue weighted by Crippen LogP contribution is -2.27. The lowest BCUT2D eigenvalue weighted by atomic mass is 10.1. The average molecular weight is 272 g/mol. The Labute approximate surface area is 111 Å². The second-order valence-electron chi connectivity index (χ2n) is 5.28. The summed E-state index contributed by atoms with van der Waals surface area (Å²) in [5, 5.41) is 8.89. The number of rotatable bonds is 4. The number of thioether (sulfide) groups is 1. The Bertz CT molecular complexity index is 408. The van der Waals surface area contributed by atoms with E-state index < -0.39 is 0 Å². The van der Waals surface area contributed by atoms with Crippen LogP contribution in [-0.2, 0) is 6.54 Å². The molecule has 0 amide bonds. The molecule has 2 fully saturated rings. The van der Waals surface area contributed by atoms with E-state index >= 15 is 0 Å². The minimum atomic E-state index is 0.371. The molecule has 5 heteroatoms. The van der Waals surface area contributed by atoms with Crippen molar-refractivity contribution in [2.45, 2.75) is 55.7 Å². The van der Waals surface area contributed by atoms with Gasteiger partial charge in [-0.2, -0.15) is 11.8 Å². The molecular formula is C12H18ClN3S. The van der Waals surface area contributed by atoms with Crippen molar-refractivity contribution in [2.24, 2.45) is 0 Å². The topological polar surface area (TPSA) is 30.7 Å². The molecule has 0 unspecified atom stereocenters. The standard InChI is InChI=1S/C12H18ClN3S/c1-17-12(6-2-3-7-12)8-16-10(9-4-5-9)14-15-11(16)13/h9H,2-8H2,1H3. The third-order valence-corrected chi connectivity index (χ3v) is 5.75. The molecule has 0 N–H and O–H groups in total. The minimum absolute atomic E-state index is 0.371. The normalized spacial score (nSPS) is 23.2. The van der Waals surface area contributed by atoms with Crippen molar-refractivity contribution in [3.05, 3.63) is 11.1 Å². The van der Waals surface area contributed by atoms with E-state index in [-0.39, 0.29) is 0 Å². The summed E-state index contributed by atoms with van der Waals surface area (Å²) in [6, 6.07) is 0. The van der Waals surface area contributed by atoms with Crippen LogP contribution in [0.3, 0.4) is 0 Å². The fraction of sp³-hybridized carbons (Fsp3) is 0.833. The predicted octanol–water partition coefficient (Wildman–Crippen LogP) is 3.48. The number of halogens is 1. The fourth-order valence-electron chi connectivity index (χ4n) is 2.82. The molecule has 0 saturated heterocycles. The number of hydrogen-bond acceptors (Lipinski definition) is 3. The lowest BCUT2D eigenvalue weighted by Gasteiger charge is -2.27. The molecule has 2 aliphatic rings. The highest BCUT2D eigenvalue weighted by molar-refractivity contribution is 8.00. The summed E-state index contributed by atoms with van der Waals surface area (Å²) in [7, 11) is 0. The molecule has 0 atom stereocenters. The third kappa shape index (κ3) is 2.22. The molecule has 0 bridgehead atoms. The maximum Gasteiger partial charge on any atom is 0.225 e. The van der Waals surface area contributed by atoms with Crippen molar-refractivity contribution in [2.75, 3.05) is 6.26 Å². The van der Waals surface area contributed by atoms with Crippen molar-refractivity contribution in [3.63, 3.8) is 0 Å². The molecule has 1 aromatic heterocycles. The molecule has 1 aromatic rings. The smallest absolute Gasteiger partial charge is 0.225 e. The van der Waals surface area contributed by atoms with Gasteiger partial charge in [-0.3, -0.25) is 0 Å². The van der Waals surface area contributed by atoms with Crippen molar-refractivity contribution in [3.8, 4) is 0 Å². The average Bonchev–Trinajstić information content (AvgIpc) is 2.97. The van der Waals surface area contributed by atoms with Crippen LogP contribution in [0.4, 0.5) is 0 Å². The van der Waals surface area contributed by atoms with Crippen LogP contribution >= 0.6 is 23.4 Å². The second kappa shape index (κ2) is 4.47. The van der Waals surface area contributed by atoms with E-state index in [1.54, 1.807) is 0 Å². The Morgan fingerprint density at radius 3 is 2.65 bits per heavy atom. The number of hydrogen-bond donors (Lipinski definition) is 0. The van der Waals surface area contributed by atoms with Crippen LogP contribution in [0.15, 0.2) is 0 Å². The molecule has 0 spiro atoms. The van der Waals surface area contributed by atoms with Gasteiger partial charge in [0, 0.05) is 17.2 Å². The summed E-state index contributed by atoms with van der Waals surface area (Å²) >= 11 is 8.19. The predicted molar refractivity (Wildman–Crippen MR) is 71.7 cm³/mol. The Morgan fingerprint density at radius 1 is 1.35 bits per heavy atom. The van der Waals surface area contributed by atoms with Gasteiger partial charge in [0.2, 0.25) is 5.28 Å². The van der Waals surface area contributed by atoms with Gasteiger partial charge >= 0.3 is 0 Å². The highest BCUT2D eigenvalue weighted by Gasteiger charge is 2.37. The molecule has 17 heavy (non-hydrogen) atoms. The third-order valence-electron chi connectivity index (χ3n) is 4.07. The maximum atomic E-state index is 6.19. The van der Waals surface area contributed by atoms with Gasteiger partial charge in [-0.15, -0.1) is 10.2 Å². The molecule has 3 nitrogen and oxygen atoms in total. The lowest BCUT2D eigenvalue weighted by molar-refractivity contribution is 0.492. The Hall–Kier alpha value is -0.220. The largest absolute Gasteiger partial charge is 0.300 e. The molecule has 0 aliphatic heterocycles. The van der Waals surface area contributed by atoms with Gasteiger partial charge in [-0.25, -0.2) is 0 Å². The zero-order valence-electron chi connectivity index (χ0n) is 10.2. The molecule has 0 aromatic carbocycles. The zero-order valence-corrected chi connectivity index (χ0v) is 11.7. The van der Waals surface area contributed by atoms with E-state index in [1.165, 1.54) is 38.5 Å². The second-order valence-corrected chi connectivity index (χ2v) is 6.89. The van der Waals surface area contributed by atoms with Crippen LogP contribution in [0.2, 0.25) is 5.28 Å². The van der Waals surface area contributed by atoms with Crippen molar-refractivity contribution >= 4 is 23.4 Å². The SMILES string of the molecule is CSC1(Cn2c(Cl)nnc2C2CC2)CCCC1. The van der Waals surface area contributed by atoms with Crippen molar-refractivity contribution < 1.29 is 0 Å². The summed E-state index contributed by atoms with van der Waals surface area (Å²) in [6.45, 7) is 0.992. The van der Waals surface area contributed by atoms with E-state index in [2.05, 4.69) is 21.0 Å². The first kappa shape index (κ1) is 11.8. The molecule has 0 radical (unpaired) electrons. The van der Waals surface area contributed by atoms with Crippen molar-refractivity contribution in [1.29, 1.82) is 0 Å². The fourth-order valence-corrected chi connectivity index (χ4v) is 3.96. The number of nitrogens with zero attached hydrogens (tertiary/aromatic N) is 3. The summed E-state index contributed by atoms with van der Waals surface area (Å²) < 4.78 is 2.54. The summed E-state index contributed by atoms with van der Waals surface area (Å²) in [5.74, 6) is 1.74. The maximum absolute atomic E-state index is 6.19. The first-order valence-corrected chi connectivity index (χ1v) is 7.98. The van der Waals surface area contributed by atoms with Crippen molar-refractivity contribution in [1.82, 2.24) is 14.8 Å². The Morgan fingerprint density at radius 2 is 2.06 bits per heavy atom. The van der Waals surface area contributed by atoms with Crippen LogP contribution in [0, 0.1) is 0 Å². The van der Waals surface area contributed by atoms with Crippen LogP contribution in [0.25, 0.3) is 0 Å². The monoisotopic (exact) mass is 271 g/mol. The minimum Gasteiger partial charge on any atom is -0.300 e. The first-order chi connectivity index (χ1) is 8.24. The van der Waals surface area contributed by atoms with Crippen LogP contribution < -0.4 is 0 Å². The van der Waals surface area contributed by atoms with Gasteiger partial charge in [-0.05, 0) is 43.5 Å². The molecule has 3 rings (SSSR count). The van der Waals surface area contributed by atoms with E-state index in [1.807, 2.05) is 11.8 Å². The molecule has 1 heterocycles. The van der Waals surface area contributed by atoms with E-state index in [9.17, 15) is 0 Å². The van der Waals surface area contributed by atoms with Gasteiger partial charge in [0.25, 0.3) is 0 Å². The van der Waals surface area contributed by atoms with Gasteiger partial charge in [0.15, 0.2) is 0 Å². The van der Waals surface area contributed by atoms with Gasteiger partial charge in [-0.1, -0.05) is 12.8 Å². The molecule has 2 aliphatic carbocycles. The summed E-state index contributed by atoms with van der Waals surface area (Å²) in [6.07, 6.45) is 10.0.